The van der Waals surface area contributed by atoms with Crippen LogP contribution in [0.15, 0.2) is 66.7 Å². The Hall–Kier alpha value is -3.27. The van der Waals surface area contributed by atoms with Crippen LogP contribution in [0.4, 0.5) is 5.69 Å². The molecule has 4 nitrogen and oxygen atoms in total. The van der Waals surface area contributed by atoms with E-state index in [1.54, 1.807) is 37.5 Å². The second kappa shape index (κ2) is 6.87. The van der Waals surface area contributed by atoms with Gasteiger partial charge in [-0.15, -0.1) is 0 Å². The molecule has 4 heteroatoms. The van der Waals surface area contributed by atoms with Crippen LogP contribution in [-0.2, 0) is 4.79 Å². The van der Waals surface area contributed by atoms with Crippen LogP contribution in [0.1, 0.15) is 5.56 Å². The molecule has 120 valence electrons. The highest BCUT2D eigenvalue weighted by Gasteiger charge is 2.05. The maximum absolute atomic E-state index is 12.2. The average Bonchev–Trinajstić information content (AvgIpc) is 2.61. The fraction of sp³-hybridized carbons (Fsp3) is 0.0500. The minimum absolute atomic E-state index is 0.190. The first kappa shape index (κ1) is 15.6. The highest BCUT2D eigenvalue weighted by molar-refractivity contribution is 6.08. The zero-order valence-corrected chi connectivity index (χ0v) is 13.2. The van der Waals surface area contributed by atoms with E-state index in [4.69, 9.17) is 4.74 Å². The van der Waals surface area contributed by atoms with Gasteiger partial charge in [0.15, 0.2) is 0 Å². The third kappa shape index (κ3) is 3.38. The highest BCUT2D eigenvalue weighted by Crippen LogP contribution is 2.29. The number of ether oxygens (including phenoxy) is 1. The van der Waals surface area contributed by atoms with Crippen LogP contribution in [0.25, 0.3) is 16.8 Å². The van der Waals surface area contributed by atoms with Gasteiger partial charge in [0.05, 0.1) is 7.11 Å². The van der Waals surface area contributed by atoms with Crippen molar-refractivity contribution in [1.82, 2.24) is 0 Å². The molecule has 0 heterocycles. The summed E-state index contributed by atoms with van der Waals surface area (Å²) in [5.74, 6) is 0.686. The number of carbonyl (C=O) groups is 1. The maximum atomic E-state index is 12.2. The second-order valence-electron chi connectivity index (χ2n) is 5.28. The molecule has 0 unspecified atom stereocenters. The first-order valence-electron chi connectivity index (χ1n) is 7.51. The van der Waals surface area contributed by atoms with Gasteiger partial charge in [0.1, 0.15) is 11.5 Å². The molecule has 2 N–H and O–H groups in total. The van der Waals surface area contributed by atoms with Crippen molar-refractivity contribution in [2.45, 2.75) is 0 Å². The number of phenols is 1. The van der Waals surface area contributed by atoms with Crippen molar-refractivity contribution in [2.75, 3.05) is 12.4 Å². The van der Waals surface area contributed by atoms with Gasteiger partial charge in [-0.2, -0.15) is 0 Å². The summed E-state index contributed by atoms with van der Waals surface area (Å²) in [4.78, 5) is 12.2. The Morgan fingerprint density at radius 3 is 2.62 bits per heavy atom. The lowest BCUT2D eigenvalue weighted by Crippen LogP contribution is -2.08. The van der Waals surface area contributed by atoms with Crippen molar-refractivity contribution in [2.24, 2.45) is 0 Å². The molecule has 0 aliphatic heterocycles. The number of anilines is 1. The van der Waals surface area contributed by atoms with E-state index in [1.807, 2.05) is 36.4 Å². The summed E-state index contributed by atoms with van der Waals surface area (Å²) in [7, 11) is 1.60. The number of nitrogens with one attached hydrogen (secondary N) is 1. The average molecular weight is 319 g/mol. The molecular formula is C20H17NO3. The van der Waals surface area contributed by atoms with Crippen LogP contribution in [0.2, 0.25) is 0 Å². The minimum atomic E-state index is -0.242. The van der Waals surface area contributed by atoms with E-state index in [2.05, 4.69) is 5.32 Å². The van der Waals surface area contributed by atoms with Crippen LogP contribution in [0.5, 0.6) is 11.5 Å². The first-order valence-corrected chi connectivity index (χ1v) is 7.51. The molecule has 3 rings (SSSR count). The molecule has 0 aliphatic carbocycles. The monoisotopic (exact) mass is 319 g/mol. The molecule has 3 aromatic rings. The first-order chi connectivity index (χ1) is 11.7. The third-order valence-electron chi connectivity index (χ3n) is 3.68. The number of hydrogen-bond donors (Lipinski definition) is 2. The Balaban J connectivity index is 1.80. The number of aromatic hydroxyl groups is 1. The molecule has 3 aromatic carbocycles. The van der Waals surface area contributed by atoms with Crippen molar-refractivity contribution in [3.8, 4) is 11.5 Å². The number of hydrogen-bond acceptors (Lipinski definition) is 3. The Morgan fingerprint density at radius 1 is 1.04 bits per heavy atom. The molecule has 0 spiro atoms. The zero-order valence-electron chi connectivity index (χ0n) is 13.2. The van der Waals surface area contributed by atoms with Crippen molar-refractivity contribution in [1.29, 1.82) is 0 Å². The topological polar surface area (TPSA) is 58.6 Å². The number of fused-ring (bicyclic) bond motifs is 1. The van der Waals surface area contributed by atoms with Crippen molar-refractivity contribution >= 4 is 28.4 Å². The molecule has 0 aromatic heterocycles. The predicted octanol–water partition coefficient (Wildman–Crippen LogP) is 4.21. The van der Waals surface area contributed by atoms with Crippen LogP contribution >= 0.6 is 0 Å². The predicted molar refractivity (Wildman–Crippen MR) is 96.3 cm³/mol. The molecule has 1 amide bonds. The van der Waals surface area contributed by atoms with E-state index < -0.39 is 0 Å². The summed E-state index contributed by atoms with van der Waals surface area (Å²) in [5.41, 5.74) is 1.53. The molecule has 0 aliphatic rings. The summed E-state index contributed by atoms with van der Waals surface area (Å²) in [6.45, 7) is 0. The van der Waals surface area contributed by atoms with Gasteiger partial charge in [0.2, 0.25) is 5.91 Å². The Kier molecular flexibility index (Phi) is 4.47. The summed E-state index contributed by atoms with van der Waals surface area (Å²) in [5, 5.41) is 14.2. The number of phenolic OH excluding ortho intramolecular Hbond substituents is 1. The molecule has 0 saturated heterocycles. The lowest BCUT2D eigenvalue weighted by molar-refractivity contribution is -0.111. The largest absolute Gasteiger partial charge is 0.507 e. The Bertz CT molecular complexity index is 916. The lowest BCUT2D eigenvalue weighted by atomic mass is 10.1. The maximum Gasteiger partial charge on any atom is 0.248 e. The van der Waals surface area contributed by atoms with Gasteiger partial charge < -0.3 is 15.2 Å². The molecule has 0 atom stereocenters. The van der Waals surface area contributed by atoms with Crippen LogP contribution in [0, 0.1) is 0 Å². The molecular weight excluding hydrogens is 302 g/mol. The van der Waals surface area contributed by atoms with Gasteiger partial charge in [0, 0.05) is 22.5 Å². The van der Waals surface area contributed by atoms with Crippen molar-refractivity contribution < 1.29 is 14.6 Å². The SMILES string of the molecule is COc1cccc(/C=C/C(=O)Nc2cccc3c(O)cccc23)c1. The van der Waals surface area contributed by atoms with Crippen LogP contribution in [0.3, 0.4) is 0 Å². The number of rotatable bonds is 4. The summed E-state index contributed by atoms with van der Waals surface area (Å²) in [6.07, 6.45) is 3.19. The molecule has 24 heavy (non-hydrogen) atoms. The quantitative estimate of drug-likeness (QED) is 0.708. The van der Waals surface area contributed by atoms with E-state index in [9.17, 15) is 9.90 Å². The van der Waals surface area contributed by atoms with Gasteiger partial charge in [-0.05, 0) is 35.9 Å². The molecule has 0 saturated carbocycles. The van der Waals surface area contributed by atoms with Crippen LogP contribution < -0.4 is 10.1 Å². The second-order valence-corrected chi connectivity index (χ2v) is 5.28. The fourth-order valence-electron chi connectivity index (χ4n) is 2.49. The van der Waals surface area contributed by atoms with Gasteiger partial charge in [-0.25, -0.2) is 0 Å². The standard InChI is InChI=1S/C20H17NO3/c1-24-15-6-2-5-14(13-15)11-12-20(23)21-18-9-3-8-17-16(18)7-4-10-19(17)22/h2-13,22H,1H3,(H,21,23)/b12-11+. The fourth-order valence-corrected chi connectivity index (χ4v) is 2.49. The van der Waals surface area contributed by atoms with Crippen LogP contribution in [-0.4, -0.2) is 18.1 Å². The zero-order chi connectivity index (χ0) is 16.9. The van der Waals surface area contributed by atoms with E-state index >= 15 is 0 Å². The molecule has 0 radical (unpaired) electrons. The summed E-state index contributed by atoms with van der Waals surface area (Å²) < 4.78 is 5.16. The Labute approximate surface area is 140 Å². The lowest BCUT2D eigenvalue weighted by Gasteiger charge is -2.08. The molecule has 0 bridgehead atoms. The molecule has 0 fully saturated rings. The highest BCUT2D eigenvalue weighted by atomic mass is 16.5. The van der Waals surface area contributed by atoms with Gasteiger partial charge in [0.25, 0.3) is 0 Å². The summed E-state index contributed by atoms with van der Waals surface area (Å²) >= 11 is 0. The van der Waals surface area contributed by atoms with E-state index in [0.717, 1.165) is 16.7 Å². The number of methoxy groups -OCH3 is 1. The van der Waals surface area contributed by atoms with Gasteiger partial charge in [-0.3, -0.25) is 4.79 Å². The van der Waals surface area contributed by atoms with Crippen molar-refractivity contribution in [3.63, 3.8) is 0 Å². The van der Waals surface area contributed by atoms with E-state index in [-0.39, 0.29) is 11.7 Å². The number of benzene rings is 3. The van der Waals surface area contributed by atoms with E-state index in [0.29, 0.717) is 11.1 Å². The smallest absolute Gasteiger partial charge is 0.248 e. The van der Waals surface area contributed by atoms with E-state index in [1.165, 1.54) is 6.08 Å². The number of amides is 1. The normalized spacial score (nSPS) is 10.9. The minimum Gasteiger partial charge on any atom is -0.507 e. The summed E-state index contributed by atoms with van der Waals surface area (Å²) in [6, 6.07) is 18.1. The number of carbonyl (C=O) groups excluding carboxylic acids is 1. The Morgan fingerprint density at radius 2 is 1.79 bits per heavy atom. The van der Waals surface area contributed by atoms with Gasteiger partial charge in [-0.1, -0.05) is 36.4 Å². The van der Waals surface area contributed by atoms with Gasteiger partial charge >= 0.3 is 0 Å². The van der Waals surface area contributed by atoms with Crippen molar-refractivity contribution in [3.05, 3.63) is 72.3 Å². The third-order valence-corrected chi connectivity index (χ3v) is 3.68.